The number of nitrogens with two attached hydrogens (primary N) is 2. The maximum atomic E-state index is 5.62. The number of benzene rings is 1. The van der Waals surface area contributed by atoms with Crippen molar-refractivity contribution in [3.05, 3.63) is 83.4 Å². The molecular formula is C27H34N6. The van der Waals surface area contributed by atoms with E-state index in [0.717, 1.165) is 50.2 Å². The van der Waals surface area contributed by atoms with Gasteiger partial charge in [-0.05, 0) is 62.3 Å². The Hall–Kier alpha value is -3.25. The van der Waals surface area contributed by atoms with Gasteiger partial charge in [0.05, 0.1) is 17.4 Å². The van der Waals surface area contributed by atoms with Crippen LogP contribution < -0.4 is 11.5 Å². The second-order valence-corrected chi connectivity index (χ2v) is 9.06. The summed E-state index contributed by atoms with van der Waals surface area (Å²) in [6.07, 6.45) is 7.96. The Bertz CT molecular complexity index is 1080. The zero-order valence-electron chi connectivity index (χ0n) is 19.6. The van der Waals surface area contributed by atoms with Crippen molar-refractivity contribution in [3.63, 3.8) is 0 Å². The third kappa shape index (κ3) is 5.96. The van der Waals surface area contributed by atoms with Crippen LogP contribution in [0.1, 0.15) is 48.2 Å². The SMILES string of the molecule is Cc1cnc(CN(Cc2ncccc2-c2ccccc2)C2CCC(N=C(N)N)CC2)c(C)c1. The van der Waals surface area contributed by atoms with Gasteiger partial charge in [-0.3, -0.25) is 19.9 Å². The number of nitrogens with zero attached hydrogens (tertiary/aromatic N) is 4. The van der Waals surface area contributed by atoms with E-state index in [1.54, 1.807) is 0 Å². The molecule has 33 heavy (non-hydrogen) atoms. The monoisotopic (exact) mass is 442 g/mol. The molecule has 4 N–H and O–H groups in total. The lowest BCUT2D eigenvalue weighted by Gasteiger charge is -2.36. The molecule has 0 saturated heterocycles. The summed E-state index contributed by atoms with van der Waals surface area (Å²) in [5.41, 5.74) is 18.3. The van der Waals surface area contributed by atoms with E-state index in [4.69, 9.17) is 21.4 Å². The van der Waals surface area contributed by atoms with Crippen LogP contribution in [0, 0.1) is 13.8 Å². The highest BCUT2D eigenvalue weighted by Crippen LogP contribution is 2.30. The van der Waals surface area contributed by atoms with Gasteiger partial charge in [-0.2, -0.15) is 0 Å². The van der Waals surface area contributed by atoms with Crippen LogP contribution in [0.25, 0.3) is 11.1 Å². The zero-order valence-corrected chi connectivity index (χ0v) is 19.6. The second-order valence-electron chi connectivity index (χ2n) is 9.06. The summed E-state index contributed by atoms with van der Waals surface area (Å²) in [6, 6.07) is 17.6. The van der Waals surface area contributed by atoms with Crippen molar-refractivity contribution in [2.75, 3.05) is 0 Å². The number of hydrogen-bond donors (Lipinski definition) is 2. The summed E-state index contributed by atoms with van der Waals surface area (Å²) in [6.45, 7) is 5.82. The predicted molar refractivity (Wildman–Crippen MR) is 134 cm³/mol. The fraction of sp³-hybridized carbons (Fsp3) is 0.370. The molecule has 2 aromatic heterocycles. The molecule has 1 aliphatic rings. The first-order valence-corrected chi connectivity index (χ1v) is 11.7. The van der Waals surface area contributed by atoms with E-state index in [-0.39, 0.29) is 12.0 Å². The number of aliphatic imine (C=N–C) groups is 1. The second kappa shape index (κ2) is 10.6. The number of rotatable bonds is 7. The molecule has 0 bridgehead atoms. The molecule has 4 rings (SSSR count). The molecule has 1 saturated carbocycles. The molecule has 1 fully saturated rings. The summed E-state index contributed by atoms with van der Waals surface area (Å²) < 4.78 is 0. The van der Waals surface area contributed by atoms with Crippen LogP contribution in [0.2, 0.25) is 0 Å². The quantitative estimate of drug-likeness (QED) is 0.419. The molecule has 1 aliphatic carbocycles. The van der Waals surface area contributed by atoms with E-state index in [0.29, 0.717) is 6.04 Å². The Kier molecular flexibility index (Phi) is 7.35. The maximum Gasteiger partial charge on any atom is 0.186 e. The van der Waals surface area contributed by atoms with Gasteiger partial charge in [0.1, 0.15) is 0 Å². The molecule has 6 nitrogen and oxygen atoms in total. The van der Waals surface area contributed by atoms with Gasteiger partial charge in [0.2, 0.25) is 0 Å². The molecule has 1 aromatic carbocycles. The van der Waals surface area contributed by atoms with Gasteiger partial charge in [0.25, 0.3) is 0 Å². The topological polar surface area (TPSA) is 93.4 Å². The lowest BCUT2D eigenvalue weighted by atomic mass is 9.90. The van der Waals surface area contributed by atoms with E-state index in [9.17, 15) is 0 Å². The smallest absolute Gasteiger partial charge is 0.186 e. The lowest BCUT2D eigenvalue weighted by molar-refractivity contribution is 0.131. The number of hydrogen-bond acceptors (Lipinski definition) is 4. The minimum atomic E-state index is 0.191. The van der Waals surface area contributed by atoms with Crippen molar-refractivity contribution >= 4 is 5.96 Å². The third-order valence-electron chi connectivity index (χ3n) is 6.52. The number of aryl methyl sites for hydroxylation is 2. The first-order chi connectivity index (χ1) is 16.0. The first kappa shape index (κ1) is 22.9. The minimum absolute atomic E-state index is 0.191. The Labute approximate surface area is 196 Å². The summed E-state index contributed by atoms with van der Waals surface area (Å²) in [5, 5.41) is 0. The summed E-state index contributed by atoms with van der Waals surface area (Å²) in [5.74, 6) is 0.191. The molecule has 6 heteroatoms. The van der Waals surface area contributed by atoms with Crippen LogP contribution in [0.4, 0.5) is 0 Å². The standard InChI is InChI=1S/C27H34N6/c1-19-15-20(2)25(31-16-19)17-33(23-12-10-22(11-13-23)32-27(28)29)18-26-24(9-6-14-30-26)21-7-4-3-5-8-21/h3-9,14-16,22-23H,10-13,17-18H2,1-2H3,(H4,28,29,32). The lowest BCUT2D eigenvalue weighted by Crippen LogP contribution is -2.39. The number of pyridine rings is 2. The molecule has 0 atom stereocenters. The number of aromatic nitrogens is 2. The third-order valence-corrected chi connectivity index (χ3v) is 6.52. The highest BCUT2D eigenvalue weighted by atomic mass is 15.2. The molecule has 0 unspecified atom stereocenters. The van der Waals surface area contributed by atoms with E-state index < -0.39 is 0 Å². The van der Waals surface area contributed by atoms with Crippen molar-refractivity contribution in [2.45, 2.75) is 64.7 Å². The van der Waals surface area contributed by atoms with Crippen molar-refractivity contribution in [3.8, 4) is 11.1 Å². The normalized spacial score (nSPS) is 18.3. The van der Waals surface area contributed by atoms with Gasteiger partial charge < -0.3 is 11.5 Å². The van der Waals surface area contributed by atoms with Gasteiger partial charge in [-0.15, -0.1) is 0 Å². The Morgan fingerprint density at radius 2 is 1.67 bits per heavy atom. The Balaban J connectivity index is 1.61. The Morgan fingerprint density at radius 3 is 2.36 bits per heavy atom. The molecule has 172 valence electrons. The van der Waals surface area contributed by atoms with Crippen molar-refractivity contribution in [1.29, 1.82) is 0 Å². The predicted octanol–water partition coefficient (Wildman–Crippen LogP) is 4.35. The highest BCUT2D eigenvalue weighted by molar-refractivity contribution is 5.75. The van der Waals surface area contributed by atoms with Gasteiger partial charge in [-0.25, -0.2) is 0 Å². The van der Waals surface area contributed by atoms with Crippen LogP contribution in [0.3, 0.4) is 0 Å². The van der Waals surface area contributed by atoms with Crippen LogP contribution in [-0.4, -0.2) is 32.9 Å². The maximum absolute atomic E-state index is 5.62. The van der Waals surface area contributed by atoms with Crippen LogP contribution in [-0.2, 0) is 13.1 Å². The van der Waals surface area contributed by atoms with Gasteiger partial charge in [0.15, 0.2) is 5.96 Å². The van der Waals surface area contributed by atoms with Crippen molar-refractivity contribution in [1.82, 2.24) is 14.9 Å². The molecule has 0 aliphatic heterocycles. The fourth-order valence-electron chi connectivity index (χ4n) is 4.82. The van der Waals surface area contributed by atoms with E-state index in [1.807, 2.05) is 24.5 Å². The molecule has 0 amide bonds. The van der Waals surface area contributed by atoms with E-state index in [1.165, 1.54) is 22.3 Å². The van der Waals surface area contributed by atoms with Crippen LogP contribution in [0.5, 0.6) is 0 Å². The molecule has 0 spiro atoms. The van der Waals surface area contributed by atoms with Gasteiger partial charge >= 0.3 is 0 Å². The van der Waals surface area contributed by atoms with Gasteiger partial charge in [0, 0.05) is 37.1 Å². The van der Waals surface area contributed by atoms with Crippen molar-refractivity contribution < 1.29 is 0 Å². The first-order valence-electron chi connectivity index (χ1n) is 11.7. The summed E-state index contributed by atoms with van der Waals surface area (Å²) in [7, 11) is 0. The average molecular weight is 443 g/mol. The molecular weight excluding hydrogens is 408 g/mol. The number of guanidine groups is 1. The minimum Gasteiger partial charge on any atom is -0.370 e. The highest BCUT2D eigenvalue weighted by Gasteiger charge is 2.27. The largest absolute Gasteiger partial charge is 0.370 e. The zero-order chi connectivity index (χ0) is 23.2. The summed E-state index contributed by atoms with van der Waals surface area (Å²) in [4.78, 5) is 16.5. The Morgan fingerprint density at radius 1 is 0.939 bits per heavy atom. The van der Waals surface area contributed by atoms with E-state index >= 15 is 0 Å². The average Bonchev–Trinajstić information content (AvgIpc) is 2.81. The molecule has 2 heterocycles. The molecule has 0 radical (unpaired) electrons. The van der Waals surface area contributed by atoms with Gasteiger partial charge in [-0.1, -0.05) is 42.5 Å². The summed E-state index contributed by atoms with van der Waals surface area (Å²) >= 11 is 0. The molecule has 3 aromatic rings. The van der Waals surface area contributed by atoms with E-state index in [2.05, 4.69) is 60.1 Å². The van der Waals surface area contributed by atoms with Crippen LogP contribution in [0.15, 0.2) is 65.9 Å². The van der Waals surface area contributed by atoms with Crippen molar-refractivity contribution in [2.24, 2.45) is 16.5 Å². The fourth-order valence-corrected chi connectivity index (χ4v) is 4.82. The van der Waals surface area contributed by atoms with Crippen LogP contribution >= 0.6 is 0 Å².